The summed E-state index contributed by atoms with van der Waals surface area (Å²) in [5, 5.41) is 0. The van der Waals surface area contributed by atoms with Crippen LogP contribution in [0.5, 0.6) is 0 Å². The van der Waals surface area contributed by atoms with Crippen molar-refractivity contribution >= 4 is 14.0 Å². The maximum absolute atomic E-state index is 11.1. The summed E-state index contributed by atoms with van der Waals surface area (Å²) < 4.78 is 5.33. The lowest BCUT2D eigenvalue weighted by Crippen LogP contribution is -2.17. The molecule has 0 N–H and O–H groups in total. The average Bonchev–Trinajstić information content (AvgIpc) is 2.24. The normalized spacial score (nSPS) is 13.6. The Hall–Kier alpha value is -1.35. The fourth-order valence-corrected chi connectivity index (χ4v) is 2.17. The van der Waals surface area contributed by atoms with Crippen molar-refractivity contribution in [2.24, 2.45) is 0 Å². The van der Waals surface area contributed by atoms with Gasteiger partial charge in [-0.3, -0.25) is 4.79 Å². The van der Waals surface area contributed by atoms with Crippen LogP contribution in [0.25, 0.3) is 0 Å². The Morgan fingerprint density at radius 3 is 2.29 bits per heavy atom. The second-order valence-electron chi connectivity index (χ2n) is 5.17. The van der Waals surface area contributed by atoms with Gasteiger partial charge in [-0.15, -0.1) is 0 Å². The monoisotopic (exact) mass is 248 g/mol. The van der Waals surface area contributed by atoms with E-state index in [9.17, 15) is 4.79 Å². The lowest BCUT2D eigenvalue weighted by atomic mass is 10.1. The molecule has 0 amide bonds. The summed E-state index contributed by atoms with van der Waals surface area (Å²) in [7, 11) is -1.28. The van der Waals surface area contributed by atoms with E-state index in [2.05, 4.69) is 25.3 Å². The summed E-state index contributed by atoms with van der Waals surface area (Å²) in [4.78, 5) is 11.1. The molecular weight excluding hydrogens is 228 g/mol. The van der Waals surface area contributed by atoms with Crippen LogP contribution in [0.3, 0.4) is 0 Å². The van der Waals surface area contributed by atoms with Gasteiger partial charge < -0.3 is 4.74 Å². The molecule has 0 spiro atoms. The Bertz CT molecular complexity index is 390. The molecule has 0 fully saturated rings. The Morgan fingerprint density at radius 2 is 1.82 bits per heavy atom. The van der Waals surface area contributed by atoms with Crippen molar-refractivity contribution < 1.29 is 9.53 Å². The van der Waals surface area contributed by atoms with Crippen LogP contribution in [-0.4, -0.2) is 14.0 Å². The molecule has 0 saturated heterocycles. The second kappa shape index (κ2) is 5.82. The molecule has 1 rings (SSSR count). The van der Waals surface area contributed by atoms with Crippen LogP contribution in [0, 0.1) is 0 Å². The number of ether oxygens (including phenoxy) is 1. The maximum Gasteiger partial charge on any atom is 0.303 e. The number of rotatable bonds is 4. The molecule has 1 atom stereocenters. The molecule has 2 nitrogen and oxygen atoms in total. The lowest BCUT2D eigenvalue weighted by molar-refractivity contribution is -0.144. The molecule has 0 heterocycles. The summed E-state index contributed by atoms with van der Waals surface area (Å²) in [5.74, 6) is -0.251. The van der Waals surface area contributed by atoms with E-state index in [1.165, 1.54) is 6.92 Å². The van der Waals surface area contributed by atoms with Crippen LogP contribution < -0.4 is 0 Å². The fourth-order valence-electron chi connectivity index (χ4n) is 1.42. The van der Waals surface area contributed by atoms with Gasteiger partial charge in [0, 0.05) is 6.92 Å². The van der Waals surface area contributed by atoms with Crippen LogP contribution >= 0.6 is 0 Å². The molecule has 92 valence electrons. The van der Waals surface area contributed by atoms with Gasteiger partial charge in [-0.1, -0.05) is 55.7 Å². The molecule has 0 radical (unpaired) electrons. The highest BCUT2D eigenvalue weighted by Gasteiger charge is 2.13. The minimum atomic E-state index is -1.28. The van der Waals surface area contributed by atoms with Crippen LogP contribution in [0.1, 0.15) is 18.6 Å². The molecule has 0 aliphatic rings. The molecule has 1 unspecified atom stereocenters. The third-order valence-electron chi connectivity index (χ3n) is 2.19. The van der Waals surface area contributed by atoms with E-state index in [0.29, 0.717) is 0 Å². The number of carbonyl (C=O) groups excluding carboxylic acids is 1. The van der Waals surface area contributed by atoms with E-state index in [4.69, 9.17) is 4.74 Å². The molecule has 3 heteroatoms. The highest BCUT2D eigenvalue weighted by molar-refractivity contribution is 6.80. The number of hydrogen-bond donors (Lipinski definition) is 0. The summed E-state index contributed by atoms with van der Waals surface area (Å²) in [6.07, 6.45) is 1.74. The van der Waals surface area contributed by atoms with E-state index >= 15 is 0 Å². The zero-order valence-corrected chi connectivity index (χ0v) is 11.9. The average molecular weight is 248 g/mol. The van der Waals surface area contributed by atoms with Gasteiger partial charge in [-0.2, -0.15) is 0 Å². The quantitative estimate of drug-likeness (QED) is 0.599. The summed E-state index contributed by atoms with van der Waals surface area (Å²) in [5.41, 5.74) is 3.21. The molecule has 0 aliphatic heterocycles. The van der Waals surface area contributed by atoms with Gasteiger partial charge in [0.15, 0.2) is 0 Å². The van der Waals surface area contributed by atoms with E-state index in [-0.39, 0.29) is 12.1 Å². The van der Waals surface area contributed by atoms with E-state index in [1.807, 2.05) is 36.4 Å². The molecule has 0 aromatic heterocycles. The van der Waals surface area contributed by atoms with Gasteiger partial charge in [0.25, 0.3) is 0 Å². The van der Waals surface area contributed by atoms with Gasteiger partial charge in [0.2, 0.25) is 0 Å². The zero-order valence-electron chi connectivity index (χ0n) is 10.9. The molecule has 0 bridgehead atoms. The SMILES string of the molecule is CC(=O)OC(/C=C/[Si](C)(C)C)c1ccccc1. The molecule has 17 heavy (non-hydrogen) atoms. The van der Waals surface area contributed by atoms with Gasteiger partial charge in [-0.05, 0) is 11.6 Å². The molecule has 1 aromatic carbocycles. The van der Waals surface area contributed by atoms with Crippen molar-refractivity contribution in [2.75, 3.05) is 0 Å². The molecule has 1 aromatic rings. The van der Waals surface area contributed by atoms with Gasteiger partial charge in [-0.25, -0.2) is 0 Å². The van der Waals surface area contributed by atoms with Crippen molar-refractivity contribution in [3.05, 3.63) is 47.7 Å². The predicted molar refractivity (Wildman–Crippen MR) is 73.4 cm³/mol. The largest absolute Gasteiger partial charge is 0.453 e. The lowest BCUT2D eigenvalue weighted by Gasteiger charge is -2.16. The van der Waals surface area contributed by atoms with Gasteiger partial charge in [0.05, 0.1) is 8.07 Å². The minimum Gasteiger partial charge on any atom is -0.453 e. The Morgan fingerprint density at radius 1 is 1.24 bits per heavy atom. The standard InChI is InChI=1S/C14H20O2Si/c1-12(15)16-14(10-11-17(2,3)4)13-8-6-5-7-9-13/h5-11,14H,1-4H3/b11-10+. The molecule has 0 aliphatic carbocycles. The van der Waals surface area contributed by atoms with E-state index < -0.39 is 8.07 Å². The van der Waals surface area contributed by atoms with Crippen LogP contribution in [0.15, 0.2) is 42.1 Å². The van der Waals surface area contributed by atoms with E-state index in [0.717, 1.165) is 5.56 Å². The van der Waals surface area contributed by atoms with Gasteiger partial charge >= 0.3 is 5.97 Å². The summed E-state index contributed by atoms with van der Waals surface area (Å²) in [6, 6.07) is 9.81. The first-order valence-corrected chi connectivity index (χ1v) is 9.38. The maximum atomic E-state index is 11.1. The van der Waals surface area contributed by atoms with Crippen molar-refractivity contribution in [3.63, 3.8) is 0 Å². The van der Waals surface area contributed by atoms with Crippen LogP contribution in [0.4, 0.5) is 0 Å². The smallest absolute Gasteiger partial charge is 0.303 e. The van der Waals surface area contributed by atoms with Crippen LogP contribution in [0.2, 0.25) is 19.6 Å². The summed E-state index contributed by atoms with van der Waals surface area (Å²) >= 11 is 0. The topological polar surface area (TPSA) is 26.3 Å². The van der Waals surface area contributed by atoms with Crippen molar-refractivity contribution in [2.45, 2.75) is 32.7 Å². The molecule has 0 saturated carbocycles. The summed E-state index contributed by atoms with van der Waals surface area (Å²) in [6.45, 7) is 8.19. The van der Waals surface area contributed by atoms with Crippen molar-refractivity contribution in [1.29, 1.82) is 0 Å². The Balaban J connectivity index is 2.89. The first-order valence-electron chi connectivity index (χ1n) is 5.80. The minimum absolute atomic E-state index is 0.251. The number of carbonyl (C=O) groups is 1. The third-order valence-corrected chi connectivity index (χ3v) is 3.38. The van der Waals surface area contributed by atoms with Crippen LogP contribution in [-0.2, 0) is 9.53 Å². The number of esters is 1. The highest BCUT2D eigenvalue weighted by Crippen LogP contribution is 2.20. The second-order valence-corrected chi connectivity index (χ2v) is 10.2. The van der Waals surface area contributed by atoms with Crippen molar-refractivity contribution in [1.82, 2.24) is 0 Å². The van der Waals surface area contributed by atoms with Crippen molar-refractivity contribution in [3.8, 4) is 0 Å². The van der Waals surface area contributed by atoms with Gasteiger partial charge in [0.1, 0.15) is 6.10 Å². The first-order chi connectivity index (χ1) is 7.88. The third kappa shape index (κ3) is 5.50. The Labute approximate surface area is 104 Å². The first kappa shape index (κ1) is 13.7. The number of hydrogen-bond acceptors (Lipinski definition) is 2. The number of benzene rings is 1. The highest BCUT2D eigenvalue weighted by atomic mass is 28.3. The Kier molecular flexibility index (Phi) is 4.69. The predicted octanol–water partition coefficient (Wildman–Crippen LogP) is 3.72. The molecular formula is C14H20O2Si. The zero-order chi connectivity index (χ0) is 12.9. The fraction of sp³-hybridized carbons (Fsp3) is 0.357. The van der Waals surface area contributed by atoms with E-state index in [1.54, 1.807) is 0 Å².